The number of imidazole rings is 1. The van der Waals surface area contributed by atoms with Crippen LogP contribution >= 0.6 is 0 Å². The minimum atomic E-state index is 0.401. The molecule has 0 bridgehead atoms. The van der Waals surface area contributed by atoms with Crippen LogP contribution in [-0.2, 0) is 7.05 Å². The highest BCUT2D eigenvalue weighted by Crippen LogP contribution is 2.29. The molecular weight excluding hydrogens is 226 g/mol. The van der Waals surface area contributed by atoms with Gasteiger partial charge < -0.3 is 4.57 Å². The minimum absolute atomic E-state index is 0.401. The number of nitrogens with zero attached hydrogens (tertiary/aromatic N) is 5. The first-order valence-electron chi connectivity index (χ1n) is 6.25. The van der Waals surface area contributed by atoms with Crippen molar-refractivity contribution in [3.05, 3.63) is 30.5 Å². The fraction of sp³-hybridized carbons (Fsp3) is 0.462. The molecule has 18 heavy (non-hydrogen) atoms. The number of aryl methyl sites for hydroxylation is 1. The molecule has 0 amide bonds. The van der Waals surface area contributed by atoms with Crippen molar-refractivity contribution in [1.29, 1.82) is 0 Å². The SMILES string of the molecule is CN1CCC[C@@H]1c1cncc(-c2nccn2C)n1. The second-order valence-electron chi connectivity index (χ2n) is 4.83. The van der Waals surface area contributed by atoms with Crippen LogP contribution in [0.2, 0.25) is 0 Å². The molecule has 0 aromatic carbocycles. The van der Waals surface area contributed by atoms with Gasteiger partial charge in [0.1, 0.15) is 5.69 Å². The summed E-state index contributed by atoms with van der Waals surface area (Å²) in [5.74, 6) is 0.866. The van der Waals surface area contributed by atoms with Crippen molar-refractivity contribution < 1.29 is 0 Å². The van der Waals surface area contributed by atoms with Gasteiger partial charge in [-0.3, -0.25) is 9.88 Å². The van der Waals surface area contributed by atoms with E-state index in [1.165, 1.54) is 6.42 Å². The second kappa shape index (κ2) is 4.49. The van der Waals surface area contributed by atoms with Gasteiger partial charge in [-0.1, -0.05) is 0 Å². The van der Waals surface area contributed by atoms with Crippen LogP contribution in [0.3, 0.4) is 0 Å². The smallest absolute Gasteiger partial charge is 0.159 e. The van der Waals surface area contributed by atoms with Crippen molar-refractivity contribution in [1.82, 2.24) is 24.4 Å². The van der Waals surface area contributed by atoms with Gasteiger partial charge in [0, 0.05) is 19.4 Å². The zero-order valence-corrected chi connectivity index (χ0v) is 10.7. The van der Waals surface area contributed by atoms with Gasteiger partial charge in [0.2, 0.25) is 0 Å². The lowest BCUT2D eigenvalue weighted by molar-refractivity contribution is 0.311. The third kappa shape index (κ3) is 1.90. The van der Waals surface area contributed by atoms with Gasteiger partial charge in [-0.2, -0.15) is 0 Å². The third-order valence-electron chi connectivity index (χ3n) is 3.57. The average molecular weight is 243 g/mol. The maximum absolute atomic E-state index is 4.72. The monoisotopic (exact) mass is 243 g/mol. The van der Waals surface area contributed by atoms with Crippen LogP contribution in [0, 0.1) is 0 Å². The molecule has 5 heteroatoms. The first-order chi connectivity index (χ1) is 8.75. The molecule has 1 fully saturated rings. The Labute approximate surface area is 107 Å². The predicted octanol–water partition coefficient (Wildman–Crippen LogP) is 1.64. The molecule has 0 saturated carbocycles. The normalized spacial score (nSPS) is 20.4. The molecular formula is C13H17N5. The van der Waals surface area contributed by atoms with Crippen LogP contribution in [0.5, 0.6) is 0 Å². The first kappa shape index (κ1) is 11.3. The summed E-state index contributed by atoms with van der Waals surface area (Å²) in [5.41, 5.74) is 1.90. The van der Waals surface area contributed by atoms with Gasteiger partial charge in [0.05, 0.1) is 24.1 Å². The Hall–Kier alpha value is -1.75. The second-order valence-corrected chi connectivity index (χ2v) is 4.83. The number of rotatable bonds is 2. The summed E-state index contributed by atoms with van der Waals surface area (Å²) in [7, 11) is 4.12. The topological polar surface area (TPSA) is 46.8 Å². The van der Waals surface area contributed by atoms with Gasteiger partial charge in [-0.25, -0.2) is 9.97 Å². The van der Waals surface area contributed by atoms with Gasteiger partial charge in [-0.05, 0) is 26.4 Å². The summed E-state index contributed by atoms with van der Waals surface area (Å²) < 4.78 is 1.96. The van der Waals surface area contributed by atoms with Crippen molar-refractivity contribution >= 4 is 0 Å². The Morgan fingerprint density at radius 1 is 1.28 bits per heavy atom. The lowest BCUT2D eigenvalue weighted by atomic mass is 10.1. The summed E-state index contributed by atoms with van der Waals surface area (Å²) in [6.07, 6.45) is 9.75. The highest BCUT2D eigenvalue weighted by Gasteiger charge is 2.24. The van der Waals surface area contributed by atoms with Crippen LogP contribution in [0.15, 0.2) is 24.8 Å². The van der Waals surface area contributed by atoms with Crippen LogP contribution in [-0.4, -0.2) is 38.0 Å². The fourth-order valence-corrected chi connectivity index (χ4v) is 2.55. The molecule has 2 aromatic heterocycles. The van der Waals surface area contributed by atoms with E-state index in [1.807, 2.05) is 24.0 Å². The van der Waals surface area contributed by atoms with E-state index >= 15 is 0 Å². The Kier molecular flexibility index (Phi) is 2.83. The fourth-order valence-electron chi connectivity index (χ4n) is 2.55. The molecule has 2 aromatic rings. The molecule has 1 atom stereocenters. The van der Waals surface area contributed by atoms with E-state index in [1.54, 1.807) is 12.4 Å². The van der Waals surface area contributed by atoms with Gasteiger partial charge in [0.15, 0.2) is 5.82 Å². The van der Waals surface area contributed by atoms with Gasteiger partial charge in [-0.15, -0.1) is 0 Å². The third-order valence-corrected chi connectivity index (χ3v) is 3.57. The van der Waals surface area contributed by atoms with E-state index < -0.39 is 0 Å². The number of likely N-dealkylation sites (tertiary alicyclic amines) is 1. The van der Waals surface area contributed by atoms with Crippen LogP contribution < -0.4 is 0 Å². The van der Waals surface area contributed by atoms with Crippen molar-refractivity contribution in [3.8, 4) is 11.5 Å². The molecule has 3 rings (SSSR count). The lowest BCUT2D eigenvalue weighted by Gasteiger charge is -2.18. The molecule has 0 spiro atoms. The van der Waals surface area contributed by atoms with E-state index in [4.69, 9.17) is 4.98 Å². The molecule has 94 valence electrons. The average Bonchev–Trinajstić information content (AvgIpc) is 2.98. The maximum Gasteiger partial charge on any atom is 0.159 e. The number of aromatic nitrogens is 4. The van der Waals surface area contributed by atoms with Gasteiger partial charge in [0.25, 0.3) is 0 Å². The van der Waals surface area contributed by atoms with E-state index in [0.717, 1.165) is 30.2 Å². The molecule has 0 N–H and O–H groups in total. The standard InChI is InChI=1S/C13H17N5/c1-17-6-3-4-12(17)10-8-14-9-11(16-10)13-15-5-7-18(13)2/h5,7-9,12H,3-4,6H2,1-2H3/t12-/m1/s1. The van der Waals surface area contributed by atoms with E-state index in [-0.39, 0.29) is 0 Å². The minimum Gasteiger partial charge on any atom is -0.333 e. The molecule has 1 aliphatic rings. The van der Waals surface area contributed by atoms with Crippen molar-refractivity contribution in [2.45, 2.75) is 18.9 Å². The lowest BCUT2D eigenvalue weighted by Crippen LogP contribution is -2.18. The number of hydrogen-bond donors (Lipinski definition) is 0. The summed E-state index contributed by atoms with van der Waals surface area (Å²) in [6, 6.07) is 0.401. The zero-order chi connectivity index (χ0) is 12.5. The summed E-state index contributed by atoms with van der Waals surface area (Å²) in [4.78, 5) is 15.7. The first-order valence-corrected chi connectivity index (χ1v) is 6.25. The van der Waals surface area contributed by atoms with Crippen LogP contribution in [0.4, 0.5) is 0 Å². The van der Waals surface area contributed by atoms with E-state index in [0.29, 0.717) is 6.04 Å². The van der Waals surface area contributed by atoms with Crippen LogP contribution in [0.25, 0.3) is 11.5 Å². The Morgan fingerprint density at radius 3 is 2.83 bits per heavy atom. The highest BCUT2D eigenvalue weighted by atomic mass is 15.2. The number of hydrogen-bond acceptors (Lipinski definition) is 4. The van der Waals surface area contributed by atoms with Crippen LogP contribution in [0.1, 0.15) is 24.6 Å². The molecule has 0 radical (unpaired) electrons. The molecule has 5 nitrogen and oxygen atoms in total. The molecule has 1 aliphatic heterocycles. The summed E-state index contributed by atoms with van der Waals surface area (Å²) in [6.45, 7) is 1.14. The largest absolute Gasteiger partial charge is 0.333 e. The molecule has 3 heterocycles. The maximum atomic E-state index is 4.72. The Bertz CT molecular complexity index is 548. The quantitative estimate of drug-likeness (QED) is 0.804. The summed E-state index contributed by atoms with van der Waals surface area (Å²) in [5, 5.41) is 0. The predicted molar refractivity (Wildman–Crippen MR) is 68.8 cm³/mol. The Morgan fingerprint density at radius 2 is 2.17 bits per heavy atom. The molecule has 1 saturated heterocycles. The molecule has 0 aliphatic carbocycles. The van der Waals surface area contributed by atoms with E-state index in [2.05, 4.69) is 21.9 Å². The molecule has 0 unspecified atom stereocenters. The Balaban J connectivity index is 1.97. The van der Waals surface area contributed by atoms with Crippen molar-refractivity contribution in [2.75, 3.05) is 13.6 Å². The van der Waals surface area contributed by atoms with Crippen molar-refractivity contribution in [2.24, 2.45) is 7.05 Å². The highest BCUT2D eigenvalue weighted by molar-refractivity contribution is 5.48. The van der Waals surface area contributed by atoms with E-state index in [9.17, 15) is 0 Å². The zero-order valence-electron chi connectivity index (χ0n) is 10.7. The summed E-state index contributed by atoms with van der Waals surface area (Å²) >= 11 is 0. The van der Waals surface area contributed by atoms with Gasteiger partial charge >= 0.3 is 0 Å². The van der Waals surface area contributed by atoms with Crippen molar-refractivity contribution in [3.63, 3.8) is 0 Å².